The Morgan fingerprint density at radius 2 is 1.79 bits per heavy atom. The molecule has 2 aromatic carbocycles. The van der Waals surface area contributed by atoms with E-state index in [0.29, 0.717) is 35.9 Å². The highest BCUT2D eigenvalue weighted by atomic mass is 32.2. The lowest BCUT2D eigenvalue weighted by molar-refractivity contribution is -0.116. The van der Waals surface area contributed by atoms with Crippen LogP contribution in [0.4, 0.5) is 11.4 Å². The average molecular weight is 407 g/mol. The molecule has 1 amide bonds. The Labute approximate surface area is 166 Å². The second-order valence-corrected chi connectivity index (χ2v) is 8.02. The van der Waals surface area contributed by atoms with Crippen LogP contribution in [-0.2, 0) is 14.8 Å². The van der Waals surface area contributed by atoms with Crippen molar-refractivity contribution in [3.05, 3.63) is 48.5 Å². The molecule has 0 aliphatic carbocycles. The van der Waals surface area contributed by atoms with Crippen LogP contribution in [0.1, 0.15) is 19.8 Å². The van der Waals surface area contributed by atoms with Gasteiger partial charge in [0.25, 0.3) is 0 Å². The van der Waals surface area contributed by atoms with Crippen molar-refractivity contribution < 1.29 is 22.7 Å². The van der Waals surface area contributed by atoms with Gasteiger partial charge in [0.1, 0.15) is 11.5 Å². The molecule has 0 unspecified atom stereocenters. The summed E-state index contributed by atoms with van der Waals surface area (Å²) in [4.78, 5) is 12.3. The smallest absolute Gasteiger partial charge is 0.232 e. The first-order valence-electron chi connectivity index (χ1n) is 8.98. The molecule has 0 heterocycles. The number of sulfonamides is 1. The maximum atomic E-state index is 12.3. The lowest BCUT2D eigenvalue weighted by Gasteiger charge is -2.22. The fourth-order valence-electron chi connectivity index (χ4n) is 2.68. The van der Waals surface area contributed by atoms with Crippen LogP contribution in [0.3, 0.4) is 0 Å². The van der Waals surface area contributed by atoms with Gasteiger partial charge in [-0.15, -0.1) is 0 Å². The first-order chi connectivity index (χ1) is 13.3. The molecule has 0 spiro atoms. The summed E-state index contributed by atoms with van der Waals surface area (Å²) >= 11 is 0. The number of hydrogen-bond donors (Lipinski definition) is 1. The van der Waals surface area contributed by atoms with Gasteiger partial charge < -0.3 is 14.8 Å². The molecule has 152 valence electrons. The molecule has 0 aromatic heterocycles. The molecule has 8 heteroatoms. The third-order valence-corrected chi connectivity index (χ3v) is 5.18. The molecule has 0 aliphatic rings. The van der Waals surface area contributed by atoms with Gasteiger partial charge in [-0.05, 0) is 49.7 Å². The second kappa shape index (κ2) is 9.98. The van der Waals surface area contributed by atoms with Crippen molar-refractivity contribution in [3.63, 3.8) is 0 Å². The number of nitrogens with zero attached hydrogens (tertiary/aromatic N) is 1. The molecule has 0 saturated heterocycles. The van der Waals surface area contributed by atoms with Crippen molar-refractivity contribution >= 4 is 27.3 Å². The highest BCUT2D eigenvalue weighted by molar-refractivity contribution is 7.92. The number of anilines is 2. The molecular weight excluding hydrogens is 380 g/mol. The van der Waals surface area contributed by atoms with Crippen LogP contribution in [0.2, 0.25) is 0 Å². The highest BCUT2D eigenvalue weighted by Crippen LogP contribution is 2.24. The van der Waals surface area contributed by atoms with Gasteiger partial charge in [-0.2, -0.15) is 0 Å². The van der Waals surface area contributed by atoms with Crippen molar-refractivity contribution in [2.45, 2.75) is 19.8 Å². The summed E-state index contributed by atoms with van der Waals surface area (Å²) < 4.78 is 36.2. The highest BCUT2D eigenvalue weighted by Gasteiger charge is 2.18. The first-order valence-corrected chi connectivity index (χ1v) is 10.8. The number of carbonyl (C=O) groups excluding carboxylic acids is 1. The quantitative estimate of drug-likeness (QED) is 0.655. The number of methoxy groups -OCH3 is 1. The van der Waals surface area contributed by atoms with Gasteiger partial charge in [-0.3, -0.25) is 9.10 Å². The van der Waals surface area contributed by atoms with E-state index in [0.717, 1.165) is 6.26 Å². The summed E-state index contributed by atoms with van der Waals surface area (Å²) in [5.74, 6) is 1.05. The predicted octanol–water partition coefficient (Wildman–Crippen LogP) is 3.28. The minimum atomic E-state index is -3.47. The molecule has 1 N–H and O–H groups in total. The number of carbonyl (C=O) groups is 1. The van der Waals surface area contributed by atoms with Crippen LogP contribution in [0.25, 0.3) is 0 Å². The van der Waals surface area contributed by atoms with Crippen LogP contribution in [0.5, 0.6) is 11.5 Å². The van der Waals surface area contributed by atoms with Crippen LogP contribution in [0.15, 0.2) is 48.5 Å². The van der Waals surface area contributed by atoms with E-state index in [2.05, 4.69) is 5.32 Å². The van der Waals surface area contributed by atoms with E-state index in [4.69, 9.17) is 9.47 Å². The summed E-state index contributed by atoms with van der Waals surface area (Å²) in [5, 5.41) is 2.81. The van der Waals surface area contributed by atoms with E-state index in [1.54, 1.807) is 43.5 Å². The van der Waals surface area contributed by atoms with E-state index in [1.165, 1.54) is 4.31 Å². The van der Waals surface area contributed by atoms with Crippen molar-refractivity contribution in [1.29, 1.82) is 0 Å². The molecule has 0 bridgehead atoms. The number of amides is 1. The third-order valence-electron chi connectivity index (χ3n) is 3.99. The third kappa shape index (κ3) is 6.16. The normalized spacial score (nSPS) is 11.0. The molecule has 0 saturated carbocycles. The molecule has 7 nitrogen and oxygen atoms in total. The molecule has 2 rings (SSSR count). The van der Waals surface area contributed by atoms with E-state index in [-0.39, 0.29) is 18.9 Å². The average Bonchev–Trinajstić information content (AvgIpc) is 2.66. The van der Waals surface area contributed by atoms with Gasteiger partial charge in [0.05, 0.1) is 31.3 Å². The van der Waals surface area contributed by atoms with Crippen molar-refractivity contribution in [1.82, 2.24) is 0 Å². The summed E-state index contributed by atoms with van der Waals surface area (Å²) in [6.45, 7) is 2.57. The van der Waals surface area contributed by atoms with Gasteiger partial charge in [-0.1, -0.05) is 12.1 Å². The Morgan fingerprint density at radius 3 is 2.39 bits per heavy atom. The number of rotatable bonds is 10. The zero-order chi connectivity index (χ0) is 20.6. The number of ether oxygens (including phenoxy) is 2. The standard InChI is InChI=1S/C20H26N2O5S/c1-4-27-19-9-6-5-8-18(19)21-20(23)10-7-15-22(28(3,24)25)16-11-13-17(26-2)14-12-16/h5-6,8-9,11-14H,4,7,10,15H2,1-3H3,(H,21,23). The van der Waals surface area contributed by atoms with Gasteiger partial charge in [0.15, 0.2) is 0 Å². The van der Waals surface area contributed by atoms with Crippen molar-refractivity contribution in [2.24, 2.45) is 0 Å². The molecule has 0 fully saturated rings. The predicted molar refractivity (Wildman–Crippen MR) is 111 cm³/mol. The molecule has 28 heavy (non-hydrogen) atoms. The van der Waals surface area contributed by atoms with E-state index in [1.807, 2.05) is 19.1 Å². The van der Waals surface area contributed by atoms with Gasteiger partial charge in [0.2, 0.25) is 15.9 Å². The topological polar surface area (TPSA) is 84.9 Å². The molecule has 0 atom stereocenters. The first kappa shape index (κ1) is 21.6. The van der Waals surface area contributed by atoms with E-state index in [9.17, 15) is 13.2 Å². The van der Waals surface area contributed by atoms with Crippen LogP contribution in [-0.4, -0.2) is 40.8 Å². The largest absolute Gasteiger partial charge is 0.497 e. The Balaban J connectivity index is 1.97. The number of hydrogen-bond acceptors (Lipinski definition) is 5. The van der Waals surface area contributed by atoms with Gasteiger partial charge in [-0.25, -0.2) is 8.42 Å². The second-order valence-electron chi connectivity index (χ2n) is 6.11. The lowest BCUT2D eigenvalue weighted by Crippen LogP contribution is -2.31. The minimum Gasteiger partial charge on any atom is -0.497 e. The maximum Gasteiger partial charge on any atom is 0.232 e. The number of para-hydroxylation sites is 2. The summed E-state index contributed by atoms with van der Waals surface area (Å²) in [6.07, 6.45) is 1.71. The van der Waals surface area contributed by atoms with Gasteiger partial charge >= 0.3 is 0 Å². The fourth-order valence-corrected chi connectivity index (χ4v) is 3.65. The Kier molecular flexibility index (Phi) is 7.69. The Bertz CT molecular complexity index is 882. The van der Waals surface area contributed by atoms with Crippen LogP contribution in [0, 0.1) is 0 Å². The molecule has 2 aromatic rings. The Hall–Kier alpha value is -2.74. The molecule has 0 aliphatic heterocycles. The lowest BCUT2D eigenvalue weighted by atomic mass is 10.2. The maximum absolute atomic E-state index is 12.3. The van der Waals surface area contributed by atoms with E-state index >= 15 is 0 Å². The van der Waals surface area contributed by atoms with Crippen molar-refractivity contribution in [3.8, 4) is 11.5 Å². The molecule has 0 radical (unpaired) electrons. The van der Waals surface area contributed by atoms with Crippen LogP contribution < -0.4 is 19.1 Å². The fraction of sp³-hybridized carbons (Fsp3) is 0.350. The van der Waals surface area contributed by atoms with Crippen LogP contribution >= 0.6 is 0 Å². The zero-order valence-corrected chi connectivity index (χ0v) is 17.2. The number of nitrogens with one attached hydrogen (secondary N) is 1. The number of benzene rings is 2. The van der Waals surface area contributed by atoms with Crippen molar-refractivity contribution in [2.75, 3.05) is 36.1 Å². The zero-order valence-electron chi connectivity index (χ0n) is 16.3. The summed E-state index contributed by atoms with van der Waals surface area (Å²) in [7, 11) is -1.92. The summed E-state index contributed by atoms with van der Waals surface area (Å²) in [6, 6.07) is 14.0. The Morgan fingerprint density at radius 1 is 1.11 bits per heavy atom. The molecular formula is C20H26N2O5S. The van der Waals surface area contributed by atoms with Gasteiger partial charge in [0, 0.05) is 13.0 Å². The SMILES string of the molecule is CCOc1ccccc1NC(=O)CCCN(c1ccc(OC)cc1)S(C)(=O)=O. The minimum absolute atomic E-state index is 0.183. The monoisotopic (exact) mass is 406 g/mol. The summed E-state index contributed by atoms with van der Waals surface area (Å²) in [5.41, 5.74) is 1.13. The van der Waals surface area contributed by atoms with E-state index < -0.39 is 10.0 Å².